The number of hydrogen-bond acceptors (Lipinski definition) is 5. The van der Waals surface area contributed by atoms with Crippen LogP contribution in [0.3, 0.4) is 0 Å². The molecule has 1 heterocycles. The van der Waals surface area contributed by atoms with Gasteiger partial charge in [-0.3, -0.25) is 4.79 Å². The Hall–Kier alpha value is -2.64. The number of carboxylic acid groups (broad SMARTS) is 1. The minimum Gasteiger partial charge on any atom is -0.480 e. The van der Waals surface area contributed by atoms with Gasteiger partial charge in [0.05, 0.1) is 6.54 Å². The molecule has 0 aliphatic carbocycles. The minimum atomic E-state index is -0.888. The molecule has 3 aromatic rings. The smallest absolute Gasteiger partial charge is 0.317 e. The normalized spacial score (nSPS) is 10.7. The number of hydrogen-bond donors (Lipinski definition) is 2. The molecule has 0 aliphatic heterocycles. The third-order valence-corrected chi connectivity index (χ3v) is 4.34. The Bertz CT molecular complexity index is 849. The minimum absolute atomic E-state index is 0.0792. The summed E-state index contributed by atoms with van der Waals surface area (Å²) < 4.78 is 13.8. The van der Waals surface area contributed by atoms with Gasteiger partial charge in [0.2, 0.25) is 0 Å². The van der Waals surface area contributed by atoms with E-state index in [1.54, 1.807) is 18.2 Å². The SMILES string of the molecule is O=C(O)CNCc1ccc(-c2nnc(-c3ccccc3F)s2)cc1. The van der Waals surface area contributed by atoms with Crippen molar-refractivity contribution in [3.8, 4) is 21.1 Å². The van der Waals surface area contributed by atoms with Gasteiger partial charge in [-0.05, 0) is 17.7 Å². The summed E-state index contributed by atoms with van der Waals surface area (Å²) in [6.45, 7) is 0.396. The van der Waals surface area contributed by atoms with Crippen molar-refractivity contribution in [1.29, 1.82) is 0 Å². The zero-order chi connectivity index (χ0) is 16.9. The highest BCUT2D eigenvalue weighted by Gasteiger charge is 2.11. The number of rotatable bonds is 6. The average molecular weight is 343 g/mol. The molecular weight excluding hydrogens is 329 g/mol. The van der Waals surface area contributed by atoms with E-state index < -0.39 is 5.97 Å². The highest BCUT2D eigenvalue weighted by Crippen LogP contribution is 2.31. The second kappa shape index (κ2) is 7.29. The molecule has 0 fully saturated rings. The quantitative estimate of drug-likeness (QED) is 0.719. The first-order chi connectivity index (χ1) is 11.6. The fourth-order valence-electron chi connectivity index (χ4n) is 2.16. The largest absolute Gasteiger partial charge is 0.480 e. The summed E-state index contributed by atoms with van der Waals surface area (Å²) in [7, 11) is 0. The second-order valence-electron chi connectivity index (χ2n) is 5.09. The van der Waals surface area contributed by atoms with Crippen molar-refractivity contribution in [2.24, 2.45) is 0 Å². The van der Waals surface area contributed by atoms with Gasteiger partial charge in [-0.2, -0.15) is 0 Å². The van der Waals surface area contributed by atoms with Gasteiger partial charge in [0.1, 0.15) is 10.8 Å². The molecule has 0 atom stereocenters. The molecule has 0 bridgehead atoms. The number of carbonyl (C=O) groups is 1. The van der Waals surface area contributed by atoms with Crippen LogP contribution in [0.25, 0.3) is 21.1 Å². The molecule has 0 saturated heterocycles. The first-order valence-electron chi connectivity index (χ1n) is 7.24. The highest BCUT2D eigenvalue weighted by molar-refractivity contribution is 7.17. The zero-order valence-corrected chi connectivity index (χ0v) is 13.4. The number of nitrogens with zero attached hydrogens (tertiary/aromatic N) is 2. The lowest BCUT2D eigenvalue weighted by molar-refractivity contribution is -0.135. The van der Waals surface area contributed by atoms with Crippen molar-refractivity contribution in [3.63, 3.8) is 0 Å². The second-order valence-corrected chi connectivity index (χ2v) is 6.06. The van der Waals surface area contributed by atoms with Gasteiger partial charge in [-0.1, -0.05) is 47.7 Å². The Balaban J connectivity index is 1.73. The number of aliphatic carboxylic acids is 1. The lowest BCUT2D eigenvalue weighted by Gasteiger charge is -2.03. The van der Waals surface area contributed by atoms with Crippen LogP contribution < -0.4 is 5.32 Å². The molecule has 0 spiro atoms. The van der Waals surface area contributed by atoms with Crippen LogP contribution in [0, 0.1) is 5.82 Å². The highest BCUT2D eigenvalue weighted by atomic mass is 32.1. The van der Waals surface area contributed by atoms with E-state index in [0.717, 1.165) is 11.1 Å². The van der Waals surface area contributed by atoms with Crippen molar-refractivity contribution in [2.75, 3.05) is 6.54 Å². The summed E-state index contributed by atoms with van der Waals surface area (Å²) in [6, 6.07) is 14.1. The van der Waals surface area contributed by atoms with Crippen LogP contribution >= 0.6 is 11.3 Å². The molecule has 0 saturated carbocycles. The summed E-state index contributed by atoms with van der Waals surface area (Å²) in [5.41, 5.74) is 2.30. The molecule has 2 N–H and O–H groups in total. The van der Waals surface area contributed by atoms with Gasteiger partial charge >= 0.3 is 5.97 Å². The van der Waals surface area contributed by atoms with Crippen LogP contribution in [0.15, 0.2) is 48.5 Å². The van der Waals surface area contributed by atoms with E-state index >= 15 is 0 Å². The van der Waals surface area contributed by atoms with E-state index in [9.17, 15) is 9.18 Å². The molecule has 0 amide bonds. The molecule has 5 nitrogen and oxygen atoms in total. The van der Waals surface area contributed by atoms with Crippen LogP contribution in [0.5, 0.6) is 0 Å². The first-order valence-corrected chi connectivity index (χ1v) is 8.05. The van der Waals surface area contributed by atoms with E-state index in [1.165, 1.54) is 17.4 Å². The predicted octanol–water partition coefficient (Wildman–Crippen LogP) is 3.19. The third kappa shape index (κ3) is 3.81. The van der Waals surface area contributed by atoms with E-state index in [-0.39, 0.29) is 12.4 Å². The van der Waals surface area contributed by atoms with Crippen LogP contribution in [0.2, 0.25) is 0 Å². The lowest BCUT2D eigenvalue weighted by Crippen LogP contribution is -2.21. The maximum Gasteiger partial charge on any atom is 0.317 e. The summed E-state index contributed by atoms with van der Waals surface area (Å²) >= 11 is 1.33. The van der Waals surface area contributed by atoms with Gasteiger partial charge in [-0.15, -0.1) is 10.2 Å². The molecule has 1 aromatic heterocycles. The fourth-order valence-corrected chi connectivity index (χ4v) is 3.04. The van der Waals surface area contributed by atoms with Crippen molar-refractivity contribution < 1.29 is 14.3 Å². The molecular formula is C17H14FN3O2S. The number of halogens is 1. The predicted molar refractivity (Wildman–Crippen MR) is 90.1 cm³/mol. The molecule has 3 rings (SSSR count). The zero-order valence-electron chi connectivity index (χ0n) is 12.6. The standard InChI is InChI=1S/C17H14FN3O2S/c18-14-4-2-1-3-13(14)17-21-20-16(24-17)12-7-5-11(6-8-12)9-19-10-15(22)23/h1-8,19H,9-10H2,(H,22,23). The van der Waals surface area contributed by atoms with Crippen molar-refractivity contribution in [2.45, 2.75) is 6.54 Å². The van der Waals surface area contributed by atoms with Gasteiger partial charge in [0.15, 0.2) is 5.01 Å². The third-order valence-electron chi connectivity index (χ3n) is 3.34. The van der Waals surface area contributed by atoms with E-state index in [1.807, 2.05) is 24.3 Å². The van der Waals surface area contributed by atoms with Gasteiger partial charge in [-0.25, -0.2) is 4.39 Å². The molecule has 0 unspecified atom stereocenters. The Morgan fingerprint density at radius 1 is 1.08 bits per heavy atom. The molecule has 0 aliphatic rings. The van der Waals surface area contributed by atoms with Crippen LogP contribution in [0.4, 0.5) is 4.39 Å². The number of carboxylic acids is 1. The lowest BCUT2D eigenvalue weighted by atomic mass is 10.1. The van der Waals surface area contributed by atoms with Gasteiger partial charge in [0, 0.05) is 17.7 Å². The summed E-state index contributed by atoms with van der Waals surface area (Å²) in [5, 5.41) is 20.9. The van der Waals surface area contributed by atoms with Gasteiger partial charge in [0.25, 0.3) is 0 Å². The molecule has 7 heteroatoms. The molecule has 122 valence electrons. The molecule has 0 radical (unpaired) electrons. The number of nitrogens with one attached hydrogen (secondary N) is 1. The topological polar surface area (TPSA) is 75.1 Å². The Labute approximate surface area is 141 Å². The first kappa shape index (κ1) is 16.2. The molecule has 24 heavy (non-hydrogen) atoms. The monoisotopic (exact) mass is 343 g/mol. The Morgan fingerprint density at radius 3 is 2.50 bits per heavy atom. The van der Waals surface area contributed by atoms with Crippen LogP contribution in [0.1, 0.15) is 5.56 Å². The Kier molecular flexibility index (Phi) is 4.93. The summed E-state index contributed by atoms with van der Waals surface area (Å²) in [6.07, 6.45) is 0. The summed E-state index contributed by atoms with van der Waals surface area (Å²) in [5.74, 6) is -1.21. The number of aromatic nitrogens is 2. The average Bonchev–Trinajstić information content (AvgIpc) is 3.05. The summed E-state index contributed by atoms with van der Waals surface area (Å²) in [4.78, 5) is 10.5. The van der Waals surface area contributed by atoms with Crippen molar-refractivity contribution >= 4 is 17.3 Å². The maximum atomic E-state index is 13.8. The molecule has 2 aromatic carbocycles. The van der Waals surface area contributed by atoms with E-state index in [2.05, 4.69) is 15.5 Å². The van der Waals surface area contributed by atoms with Crippen LogP contribution in [-0.2, 0) is 11.3 Å². The number of benzene rings is 2. The maximum absolute atomic E-state index is 13.8. The van der Waals surface area contributed by atoms with Crippen LogP contribution in [-0.4, -0.2) is 27.8 Å². The fraction of sp³-hybridized carbons (Fsp3) is 0.118. The van der Waals surface area contributed by atoms with Crippen molar-refractivity contribution in [3.05, 3.63) is 59.9 Å². The van der Waals surface area contributed by atoms with Gasteiger partial charge < -0.3 is 10.4 Å². The van der Waals surface area contributed by atoms with Crippen molar-refractivity contribution in [1.82, 2.24) is 15.5 Å². The van der Waals surface area contributed by atoms with E-state index in [0.29, 0.717) is 22.1 Å². The van der Waals surface area contributed by atoms with E-state index in [4.69, 9.17) is 5.11 Å². The Morgan fingerprint density at radius 2 is 1.79 bits per heavy atom.